The molecule has 0 spiro atoms. The minimum absolute atomic E-state index is 0.0229. The van der Waals surface area contributed by atoms with Crippen LogP contribution in [0.15, 0.2) is 53.4 Å². The van der Waals surface area contributed by atoms with Crippen LogP contribution in [0.5, 0.6) is 5.75 Å². The number of anilines is 1. The molecule has 0 aliphatic rings. The first-order chi connectivity index (χ1) is 11.8. The molecule has 0 atom stereocenters. The van der Waals surface area contributed by atoms with Crippen molar-refractivity contribution in [2.75, 3.05) is 11.9 Å². The van der Waals surface area contributed by atoms with Crippen molar-refractivity contribution in [2.24, 2.45) is 0 Å². The highest BCUT2D eigenvalue weighted by molar-refractivity contribution is 7.89. The first kappa shape index (κ1) is 18.6. The Labute approximate surface area is 146 Å². The van der Waals surface area contributed by atoms with Crippen molar-refractivity contribution in [1.82, 2.24) is 4.72 Å². The third-order valence-electron chi connectivity index (χ3n) is 3.21. The molecule has 2 rings (SSSR count). The van der Waals surface area contributed by atoms with Gasteiger partial charge in [0.25, 0.3) is 0 Å². The van der Waals surface area contributed by atoms with Gasteiger partial charge in [0, 0.05) is 12.6 Å². The van der Waals surface area contributed by atoms with E-state index in [4.69, 9.17) is 4.74 Å². The lowest BCUT2D eigenvalue weighted by Gasteiger charge is -2.09. The summed E-state index contributed by atoms with van der Waals surface area (Å²) in [5.41, 5.74) is 1.25. The molecule has 7 nitrogen and oxygen atoms in total. The van der Waals surface area contributed by atoms with Gasteiger partial charge >= 0.3 is 5.97 Å². The number of amides is 1. The Kier molecular flexibility index (Phi) is 5.89. The molecule has 2 N–H and O–H groups in total. The van der Waals surface area contributed by atoms with E-state index in [0.29, 0.717) is 11.4 Å². The molecular formula is C17H18N2O5S. The molecule has 132 valence electrons. The number of carbonyl (C=O) groups is 2. The fourth-order valence-corrected chi connectivity index (χ4v) is 2.96. The molecular weight excluding hydrogens is 344 g/mol. The van der Waals surface area contributed by atoms with E-state index >= 15 is 0 Å². The molecule has 2 aromatic rings. The van der Waals surface area contributed by atoms with E-state index in [1.807, 2.05) is 0 Å². The average Bonchev–Trinajstić information content (AvgIpc) is 2.55. The van der Waals surface area contributed by atoms with Gasteiger partial charge in [-0.3, -0.25) is 9.59 Å². The van der Waals surface area contributed by atoms with Crippen LogP contribution in [0.4, 0.5) is 5.69 Å². The zero-order chi connectivity index (χ0) is 18.4. The molecule has 0 fully saturated rings. The summed E-state index contributed by atoms with van der Waals surface area (Å²) in [4.78, 5) is 22.8. The summed E-state index contributed by atoms with van der Waals surface area (Å²) in [6.45, 7) is 2.64. The monoisotopic (exact) mass is 362 g/mol. The van der Waals surface area contributed by atoms with E-state index in [1.165, 1.54) is 31.2 Å². The van der Waals surface area contributed by atoms with Gasteiger partial charge in [-0.1, -0.05) is 18.2 Å². The largest absolute Gasteiger partial charge is 0.425 e. The van der Waals surface area contributed by atoms with Gasteiger partial charge in [-0.15, -0.1) is 0 Å². The van der Waals surface area contributed by atoms with Crippen LogP contribution >= 0.6 is 0 Å². The van der Waals surface area contributed by atoms with Gasteiger partial charge in [-0.05, 0) is 42.8 Å². The van der Waals surface area contributed by atoms with E-state index in [0.717, 1.165) is 5.56 Å². The number of para-hydroxylation sites is 1. The molecule has 1 amide bonds. The second-order valence-electron chi connectivity index (χ2n) is 5.27. The van der Waals surface area contributed by atoms with Crippen molar-refractivity contribution in [1.29, 1.82) is 0 Å². The third kappa shape index (κ3) is 5.40. The van der Waals surface area contributed by atoms with Crippen LogP contribution in [0.1, 0.15) is 12.5 Å². The predicted octanol–water partition coefficient (Wildman–Crippen LogP) is 1.84. The van der Waals surface area contributed by atoms with Crippen molar-refractivity contribution in [3.05, 3.63) is 54.1 Å². The van der Waals surface area contributed by atoms with Gasteiger partial charge in [0.1, 0.15) is 12.3 Å². The number of esters is 1. The van der Waals surface area contributed by atoms with E-state index in [9.17, 15) is 18.0 Å². The molecule has 2 aromatic carbocycles. The van der Waals surface area contributed by atoms with E-state index < -0.39 is 22.5 Å². The minimum Gasteiger partial charge on any atom is -0.425 e. The van der Waals surface area contributed by atoms with Crippen molar-refractivity contribution in [3.8, 4) is 5.75 Å². The number of sulfonamides is 1. The van der Waals surface area contributed by atoms with Crippen LogP contribution < -0.4 is 14.8 Å². The summed E-state index contributed by atoms with van der Waals surface area (Å²) in [5, 5.41) is 2.54. The highest BCUT2D eigenvalue weighted by Gasteiger charge is 2.16. The fourth-order valence-electron chi connectivity index (χ4n) is 1.99. The van der Waals surface area contributed by atoms with E-state index in [2.05, 4.69) is 10.0 Å². The normalized spacial score (nSPS) is 11.0. The van der Waals surface area contributed by atoms with Crippen molar-refractivity contribution < 1.29 is 22.7 Å². The summed E-state index contributed by atoms with van der Waals surface area (Å²) >= 11 is 0. The zero-order valence-corrected chi connectivity index (χ0v) is 14.6. The Morgan fingerprint density at radius 3 is 2.28 bits per heavy atom. The van der Waals surface area contributed by atoms with Crippen LogP contribution in [0.25, 0.3) is 0 Å². The fraction of sp³-hybridized carbons (Fsp3) is 0.176. The van der Waals surface area contributed by atoms with E-state index in [1.54, 1.807) is 31.2 Å². The quantitative estimate of drug-likeness (QED) is 0.603. The van der Waals surface area contributed by atoms with Crippen molar-refractivity contribution in [2.45, 2.75) is 18.7 Å². The molecule has 0 bridgehead atoms. The van der Waals surface area contributed by atoms with Gasteiger partial charge in [0.05, 0.1) is 4.90 Å². The zero-order valence-electron chi connectivity index (χ0n) is 13.8. The second-order valence-corrected chi connectivity index (χ2v) is 7.04. The number of hydrogen-bond acceptors (Lipinski definition) is 5. The number of benzene rings is 2. The smallest absolute Gasteiger partial charge is 0.326 e. The number of aryl methyl sites for hydroxylation is 1. The Bertz CT molecular complexity index is 876. The summed E-state index contributed by atoms with van der Waals surface area (Å²) < 4.78 is 31.7. The first-order valence-electron chi connectivity index (χ1n) is 7.41. The summed E-state index contributed by atoms with van der Waals surface area (Å²) in [6, 6.07) is 12.5. The lowest BCUT2D eigenvalue weighted by molar-refractivity contribution is -0.133. The van der Waals surface area contributed by atoms with Gasteiger partial charge in [0.2, 0.25) is 15.9 Å². The number of hydrogen-bond donors (Lipinski definition) is 2. The van der Waals surface area contributed by atoms with Gasteiger partial charge in [0.15, 0.2) is 0 Å². The summed E-state index contributed by atoms with van der Waals surface area (Å²) in [6.07, 6.45) is 0. The van der Waals surface area contributed by atoms with Gasteiger partial charge < -0.3 is 10.1 Å². The Hall–Kier alpha value is -2.71. The molecule has 0 saturated heterocycles. The Morgan fingerprint density at radius 1 is 1.04 bits per heavy atom. The van der Waals surface area contributed by atoms with Gasteiger partial charge in [-0.25, -0.2) is 8.42 Å². The molecule has 0 aliphatic heterocycles. The molecule has 0 unspecified atom stereocenters. The van der Waals surface area contributed by atoms with Crippen LogP contribution in [0.2, 0.25) is 0 Å². The van der Waals surface area contributed by atoms with Crippen LogP contribution in [0, 0.1) is 6.92 Å². The highest BCUT2D eigenvalue weighted by atomic mass is 32.2. The lowest BCUT2D eigenvalue weighted by Crippen LogP contribution is -2.32. The minimum atomic E-state index is -3.87. The number of carbonyl (C=O) groups excluding carboxylic acids is 2. The van der Waals surface area contributed by atoms with Crippen LogP contribution in [0.3, 0.4) is 0 Å². The maximum Gasteiger partial charge on any atom is 0.326 e. The van der Waals surface area contributed by atoms with Crippen LogP contribution in [-0.4, -0.2) is 26.8 Å². The number of ether oxygens (including phenoxy) is 1. The molecule has 0 radical (unpaired) electrons. The first-order valence-corrected chi connectivity index (χ1v) is 8.90. The third-order valence-corrected chi connectivity index (χ3v) is 4.63. The summed E-state index contributed by atoms with van der Waals surface area (Å²) in [5.74, 6) is -0.591. The molecule has 8 heteroatoms. The second kappa shape index (κ2) is 7.91. The highest BCUT2D eigenvalue weighted by Crippen LogP contribution is 2.16. The molecule has 0 saturated carbocycles. The molecule has 25 heavy (non-hydrogen) atoms. The number of rotatable bonds is 6. The van der Waals surface area contributed by atoms with Crippen molar-refractivity contribution >= 4 is 27.6 Å². The molecule has 0 aliphatic carbocycles. The van der Waals surface area contributed by atoms with Crippen molar-refractivity contribution in [3.63, 3.8) is 0 Å². The predicted molar refractivity (Wildman–Crippen MR) is 92.7 cm³/mol. The molecule has 0 aromatic heterocycles. The average molecular weight is 362 g/mol. The maximum atomic E-state index is 12.2. The number of nitrogens with one attached hydrogen (secondary N) is 2. The standard InChI is InChI=1S/C17H18N2O5S/c1-12-5-3-4-6-16(12)24-17(21)11-18-25(22,23)15-9-7-14(8-10-15)19-13(2)20/h3-10,18H,11H2,1-2H3,(H,19,20). The molecule has 0 heterocycles. The van der Waals surface area contributed by atoms with Crippen LogP contribution in [-0.2, 0) is 19.6 Å². The Morgan fingerprint density at radius 2 is 1.68 bits per heavy atom. The topological polar surface area (TPSA) is 102 Å². The van der Waals surface area contributed by atoms with E-state index in [-0.39, 0.29) is 10.8 Å². The SMILES string of the molecule is CC(=O)Nc1ccc(S(=O)(=O)NCC(=O)Oc2ccccc2C)cc1. The summed E-state index contributed by atoms with van der Waals surface area (Å²) in [7, 11) is -3.87. The maximum absolute atomic E-state index is 12.2. The Balaban J connectivity index is 1.98. The van der Waals surface area contributed by atoms with Gasteiger partial charge in [-0.2, -0.15) is 4.72 Å². The lowest BCUT2D eigenvalue weighted by atomic mass is 10.2.